The minimum atomic E-state index is -0.395. The van der Waals surface area contributed by atoms with Crippen LogP contribution in [-0.2, 0) is 0 Å². The minimum Gasteiger partial charge on any atom is -0.507 e. The smallest absolute Gasteiger partial charge is 0.259 e. The van der Waals surface area contributed by atoms with E-state index >= 15 is 0 Å². The van der Waals surface area contributed by atoms with Crippen LogP contribution in [0.15, 0.2) is 45.3 Å². The maximum atomic E-state index is 12.1. The second-order valence-electron chi connectivity index (χ2n) is 3.96. The van der Waals surface area contributed by atoms with Gasteiger partial charge in [-0.2, -0.15) is 0 Å². The third-order valence-electron chi connectivity index (χ3n) is 2.61. The first-order chi connectivity index (χ1) is 9.51. The van der Waals surface area contributed by atoms with Gasteiger partial charge in [-0.15, -0.1) is 0 Å². The average Bonchev–Trinajstić information content (AvgIpc) is 2.43. The molecule has 0 atom stereocenters. The summed E-state index contributed by atoms with van der Waals surface area (Å²) < 4.78 is 6.67. The Labute approximate surface area is 133 Å². The molecular weight excluding hydrogens is 390 g/mol. The molecule has 0 spiro atoms. The lowest BCUT2D eigenvalue weighted by molar-refractivity contribution is 0.102. The average molecular weight is 401 g/mol. The van der Waals surface area contributed by atoms with Gasteiger partial charge in [0.05, 0.1) is 17.1 Å². The number of anilines is 1. The summed E-state index contributed by atoms with van der Waals surface area (Å²) in [6.45, 7) is 0. The number of carbonyl (C=O) groups excluding carboxylic acids is 1. The normalized spacial score (nSPS) is 10.2. The molecule has 1 amide bonds. The molecule has 104 valence electrons. The monoisotopic (exact) mass is 399 g/mol. The van der Waals surface area contributed by atoms with Gasteiger partial charge >= 0.3 is 0 Å². The molecule has 0 radical (unpaired) electrons. The van der Waals surface area contributed by atoms with Crippen molar-refractivity contribution in [1.82, 2.24) is 0 Å². The van der Waals surface area contributed by atoms with E-state index in [-0.39, 0.29) is 11.3 Å². The number of amides is 1. The summed E-state index contributed by atoms with van der Waals surface area (Å²) in [6, 6.07) is 9.88. The highest BCUT2D eigenvalue weighted by Gasteiger charge is 2.12. The number of phenols is 1. The Hall–Kier alpha value is -1.53. The molecule has 0 aliphatic carbocycles. The first-order valence-corrected chi connectivity index (χ1v) is 7.23. The highest BCUT2D eigenvalue weighted by atomic mass is 79.9. The first-order valence-electron chi connectivity index (χ1n) is 5.64. The van der Waals surface area contributed by atoms with E-state index in [9.17, 15) is 9.90 Å². The van der Waals surface area contributed by atoms with Gasteiger partial charge in [0.15, 0.2) is 0 Å². The number of aromatic hydroxyl groups is 1. The Morgan fingerprint density at radius 3 is 2.65 bits per heavy atom. The highest BCUT2D eigenvalue weighted by Crippen LogP contribution is 2.29. The lowest BCUT2D eigenvalue weighted by atomic mass is 10.2. The number of carbonyl (C=O) groups is 1. The molecule has 20 heavy (non-hydrogen) atoms. The van der Waals surface area contributed by atoms with Crippen molar-refractivity contribution >= 4 is 43.5 Å². The largest absolute Gasteiger partial charge is 0.507 e. The fourth-order valence-electron chi connectivity index (χ4n) is 1.63. The van der Waals surface area contributed by atoms with Crippen LogP contribution in [0.2, 0.25) is 0 Å². The van der Waals surface area contributed by atoms with Crippen LogP contribution < -0.4 is 10.1 Å². The number of phenolic OH excluding ortho intramolecular Hbond substituents is 1. The number of nitrogens with one attached hydrogen (secondary N) is 1. The molecule has 0 fully saturated rings. The molecule has 0 saturated carbocycles. The summed E-state index contributed by atoms with van der Waals surface area (Å²) >= 11 is 6.60. The quantitative estimate of drug-likeness (QED) is 0.812. The van der Waals surface area contributed by atoms with E-state index in [1.54, 1.807) is 37.4 Å². The Bertz CT molecular complexity index is 659. The molecule has 2 rings (SSSR count). The Morgan fingerprint density at radius 2 is 1.95 bits per heavy atom. The molecule has 2 aromatic rings. The van der Waals surface area contributed by atoms with Crippen LogP contribution in [-0.4, -0.2) is 18.1 Å². The summed E-state index contributed by atoms with van der Waals surface area (Å²) in [5, 5.41) is 12.4. The second kappa shape index (κ2) is 6.28. The fourth-order valence-corrected chi connectivity index (χ4v) is 2.40. The molecule has 0 heterocycles. The Morgan fingerprint density at radius 1 is 1.20 bits per heavy atom. The topological polar surface area (TPSA) is 58.6 Å². The summed E-state index contributed by atoms with van der Waals surface area (Å²) in [5.74, 6) is 0.143. The number of hydrogen-bond acceptors (Lipinski definition) is 3. The van der Waals surface area contributed by atoms with Crippen molar-refractivity contribution < 1.29 is 14.6 Å². The molecule has 0 aromatic heterocycles. The van der Waals surface area contributed by atoms with E-state index in [2.05, 4.69) is 37.2 Å². The molecule has 0 aliphatic rings. The Balaban J connectivity index is 2.25. The zero-order valence-electron chi connectivity index (χ0n) is 10.5. The highest BCUT2D eigenvalue weighted by molar-refractivity contribution is 9.10. The zero-order chi connectivity index (χ0) is 14.7. The number of halogens is 2. The van der Waals surface area contributed by atoms with Gasteiger partial charge in [0.25, 0.3) is 5.91 Å². The van der Waals surface area contributed by atoms with E-state index in [0.29, 0.717) is 15.9 Å². The van der Waals surface area contributed by atoms with Crippen molar-refractivity contribution in [3.8, 4) is 11.5 Å². The number of rotatable bonds is 3. The van der Waals surface area contributed by atoms with Gasteiger partial charge < -0.3 is 15.2 Å². The number of hydrogen-bond donors (Lipinski definition) is 2. The van der Waals surface area contributed by atoms with Crippen LogP contribution in [0.3, 0.4) is 0 Å². The van der Waals surface area contributed by atoms with E-state index < -0.39 is 5.91 Å². The number of methoxy groups -OCH3 is 1. The molecule has 0 saturated heterocycles. The van der Waals surface area contributed by atoms with E-state index in [4.69, 9.17) is 4.74 Å². The van der Waals surface area contributed by atoms with Crippen molar-refractivity contribution in [2.24, 2.45) is 0 Å². The van der Waals surface area contributed by atoms with Gasteiger partial charge in [0, 0.05) is 16.2 Å². The van der Waals surface area contributed by atoms with Crippen molar-refractivity contribution in [2.45, 2.75) is 0 Å². The van der Waals surface area contributed by atoms with Gasteiger partial charge in [0.1, 0.15) is 11.5 Å². The van der Waals surface area contributed by atoms with E-state index in [0.717, 1.165) is 4.47 Å². The van der Waals surface area contributed by atoms with Crippen LogP contribution in [0, 0.1) is 0 Å². The molecule has 2 aromatic carbocycles. The summed E-state index contributed by atoms with van der Waals surface area (Å²) in [4.78, 5) is 12.1. The first kappa shape index (κ1) is 14.9. The number of benzene rings is 2. The fraction of sp³-hybridized carbons (Fsp3) is 0.0714. The zero-order valence-corrected chi connectivity index (χ0v) is 13.7. The summed E-state index contributed by atoms with van der Waals surface area (Å²) in [6.07, 6.45) is 0. The maximum absolute atomic E-state index is 12.1. The summed E-state index contributed by atoms with van der Waals surface area (Å²) in [7, 11) is 1.55. The van der Waals surface area contributed by atoms with Gasteiger partial charge in [-0.3, -0.25) is 4.79 Å². The molecule has 2 N–H and O–H groups in total. The third-order valence-corrected chi connectivity index (χ3v) is 3.76. The molecule has 6 heteroatoms. The van der Waals surface area contributed by atoms with Crippen LogP contribution in [0.4, 0.5) is 5.69 Å². The molecule has 0 unspecified atom stereocenters. The van der Waals surface area contributed by atoms with Gasteiger partial charge in [0.2, 0.25) is 0 Å². The predicted octanol–water partition coefficient (Wildman–Crippen LogP) is 4.18. The van der Waals surface area contributed by atoms with Crippen molar-refractivity contribution in [3.63, 3.8) is 0 Å². The molecule has 0 bridgehead atoms. The number of ether oxygens (including phenoxy) is 1. The molecular formula is C14H11Br2NO3. The Kier molecular flexibility index (Phi) is 4.67. The maximum Gasteiger partial charge on any atom is 0.259 e. The standard InChI is InChI=1S/C14H11Br2NO3/c1-20-13-7-9(3-4-11(13)16)17-14(19)10-6-8(15)2-5-12(10)18/h2-7,18H,1H3,(H,17,19). The van der Waals surface area contributed by atoms with E-state index in [1.807, 2.05) is 0 Å². The van der Waals surface area contributed by atoms with Crippen molar-refractivity contribution in [3.05, 3.63) is 50.9 Å². The molecule has 0 aliphatic heterocycles. The predicted molar refractivity (Wildman–Crippen MR) is 84.5 cm³/mol. The van der Waals surface area contributed by atoms with Crippen molar-refractivity contribution in [1.29, 1.82) is 0 Å². The second-order valence-corrected chi connectivity index (χ2v) is 5.73. The minimum absolute atomic E-state index is 0.0743. The third kappa shape index (κ3) is 3.32. The van der Waals surface area contributed by atoms with Crippen LogP contribution in [0.5, 0.6) is 11.5 Å². The van der Waals surface area contributed by atoms with Crippen LogP contribution in [0.1, 0.15) is 10.4 Å². The van der Waals surface area contributed by atoms with Gasteiger partial charge in [-0.1, -0.05) is 15.9 Å². The van der Waals surface area contributed by atoms with Crippen molar-refractivity contribution in [2.75, 3.05) is 12.4 Å². The van der Waals surface area contributed by atoms with Crippen LogP contribution in [0.25, 0.3) is 0 Å². The lowest BCUT2D eigenvalue weighted by Gasteiger charge is -2.09. The lowest BCUT2D eigenvalue weighted by Crippen LogP contribution is -2.12. The summed E-state index contributed by atoms with van der Waals surface area (Å²) in [5.41, 5.74) is 0.774. The van der Waals surface area contributed by atoms with Gasteiger partial charge in [-0.25, -0.2) is 0 Å². The molecule has 4 nitrogen and oxygen atoms in total. The van der Waals surface area contributed by atoms with E-state index in [1.165, 1.54) is 6.07 Å². The SMILES string of the molecule is COc1cc(NC(=O)c2cc(Br)ccc2O)ccc1Br. The van der Waals surface area contributed by atoms with Crippen LogP contribution >= 0.6 is 31.9 Å². The van der Waals surface area contributed by atoms with Gasteiger partial charge in [-0.05, 0) is 46.3 Å².